The second-order valence-corrected chi connectivity index (χ2v) is 5.18. The third-order valence-corrected chi connectivity index (χ3v) is 3.48. The molecule has 2 rings (SSSR count). The molecule has 1 aromatic carbocycles. The summed E-state index contributed by atoms with van der Waals surface area (Å²) in [5.41, 5.74) is 1.09. The Morgan fingerprint density at radius 1 is 1.35 bits per heavy atom. The molecule has 2 aromatic rings. The van der Waals surface area contributed by atoms with Gasteiger partial charge in [-0.2, -0.15) is 5.10 Å². The van der Waals surface area contributed by atoms with Crippen LogP contribution in [0.2, 0.25) is 0 Å². The lowest BCUT2D eigenvalue weighted by Gasteiger charge is -2.21. The highest BCUT2D eigenvalue weighted by Crippen LogP contribution is 2.14. The van der Waals surface area contributed by atoms with E-state index in [1.807, 2.05) is 31.3 Å². The smallest absolute Gasteiger partial charge is 0.273 e. The second kappa shape index (κ2) is 8.50. The van der Waals surface area contributed by atoms with E-state index in [9.17, 15) is 9.59 Å². The van der Waals surface area contributed by atoms with Gasteiger partial charge in [0.2, 0.25) is 5.91 Å². The Morgan fingerprint density at radius 2 is 2.04 bits per heavy atom. The van der Waals surface area contributed by atoms with Crippen LogP contribution in [0.3, 0.4) is 0 Å². The minimum atomic E-state index is -0.607. The summed E-state index contributed by atoms with van der Waals surface area (Å²) in [6.45, 7) is 2.96. The van der Waals surface area contributed by atoms with Crippen LogP contribution in [0.1, 0.15) is 17.4 Å². The standard InChI is InChI=1S/C15H21N5O2.ClH/c1-10(15(22)20(3)9-8-16-2)17-14(21)13-11-6-4-5-7-12(11)18-19-13;/h4-7,10,16H,8-9H2,1-3H3,(H,17,21)(H,18,19);1H. The number of aromatic amines is 1. The number of rotatable bonds is 6. The highest BCUT2D eigenvalue weighted by atomic mass is 35.5. The molecule has 2 amide bonds. The van der Waals surface area contributed by atoms with Crippen molar-refractivity contribution >= 4 is 35.1 Å². The zero-order valence-electron chi connectivity index (χ0n) is 13.4. The van der Waals surface area contributed by atoms with E-state index in [1.54, 1.807) is 18.9 Å². The van der Waals surface area contributed by atoms with Crippen LogP contribution in [-0.4, -0.2) is 60.1 Å². The number of nitrogens with one attached hydrogen (secondary N) is 3. The summed E-state index contributed by atoms with van der Waals surface area (Å²) in [5, 5.41) is 13.3. The molecule has 0 aliphatic rings. The Bertz CT molecular complexity index is 673. The van der Waals surface area contributed by atoms with E-state index in [1.165, 1.54) is 0 Å². The molecule has 0 aliphatic carbocycles. The van der Waals surface area contributed by atoms with Crippen molar-refractivity contribution in [1.29, 1.82) is 0 Å². The Labute approximate surface area is 141 Å². The monoisotopic (exact) mass is 339 g/mol. The second-order valence-electron chi connectivity index (χ2n) is 5.18. The predicted molar refractivity (Wildman–Crippen MR) is 91.8 cm³/mol. The van der Waals surface area contributed by atoms with Crippen molar-refractivity contribution < 1.29 is 9.59 Å². The lowest BCUT2D eigenvalue weighted by atomic mass is 10.2. The van der Waals surface area contributed by atoms with Crippen molar-refractivity contribution in [3.05, 3.63) is 30.0 Å². The molecule has 0 fully saturated rings. The molecule has 0 saturated carbocycles. The van der Waals surface area contributed by atoms with Gasteiger partial charge in [-0.05, 0) is 20.0 Å². The van der Waals surface area contributed by atoms with Crippen LogP contribution < -0.4 is 10.6 Å². The van der Waals surface area contributed by atoms with E-state index in [2.05, 4.69) is 20.8 Å². The van der Waals surface area contributed by atoms with Gasteiger partial charge in [0, 0.05) is 25.5 Å². The van der Waals surface area contributed by atoms with Gasteiger partial charge in [0.05, 0.1) is 5.52 Å². The number of benzene rings is 1. The number of hydrogen-bond acceptors (Lipinski definition) is 4. The number of para-hydroxylation sites is 1. The molecule has 1 atom stereocenters. The molecule has 1 heterocycles. The Hall–Kier alpha value is -2.12. The van der Waals surface area contributed by atoms with Gasteiger partial charge < -0.3 is 15.5 Å². The first-order valence-corrected chi connectivity index (χ1v) is 7.18. The van der Waals surface area contributed by atoms with Gasteiger partial charge in [0.25, 0.3) is 5.91 Å². The van der Waals surface area contributed by atoms with E-state index < -0.39 is 6.04 Å². The number of H-pyrrole nitrogens is 1. The fourth-order valence-electron chi connectivity index (χ4n) is 2.18. The van der Waals surface area contributed by atoms with Crippen LogP contribution in [0.25, 0.3) is 10.9 Å². The molecule has 0 aliphatic heterocycles. The molecule has 23 heavy (non-hydrogen) atoms. The van der Waals surface area contributed by atoms with Crippen LogP contribution in [-0.2, 0) is 4.79 Å². The third kappa shape index (κ3) is 4.43. The molecule has 7 nitrogen and oxygen atoms in total. The minimum absolute atomic E-state index is 0. The van der Waals surface area contributed by atoms with Crippen LogP contribution in [0.5, 0.6) is 0 Å². The molecule has 3 N–H and O–H groups in total. The van der Waals surface area contributed by atoms with Crippen molar-refractivity contribution in [1.82, 2.24) is 25.7 Å². The molecule has 0 radical (unpaired) electrons. The SMILES string of the molecule is CNCCN(C)C(=O)C(C)NC(=O)c1n[nH]c2ccccc12.Cl. The van der Waals surface area contributed by atoms with Gasteiger partial charge in [0.15, 0.2) is 5.69 Å². The molecule has 1 aromatic heterocycles. The summed E-state index contributed by atoms with van der Waals surface area (Å²) in [6, 6.07) is 6.77. The number of carbonyl (C=O) groups is 2. The topological polar surface area (TPSA) is 90.1 Å². The van der Waals surface area contributed by atoms with Crippen LogP contribution >= 0.6 is 12.4 Å². The van der Waals surface area contributed by atoms with Crippen molar-refractivity contribution in [3.63, 3.8) is 0 Å². The number of halogens is 1. The largest absolute Gasteiger partial charge is 0.343 e. The molecule has 1 unspecified atom stereocenters. The minimum Gasteiger partial charge on any atom is -0.343 e. The van der Waals surface area contributed by atoms with Gasteiger partial charge in [-0.3, -0.25) is 14.7 Å². The van der Waals surface area contributed by atoms with E-state index in [4.69, 9.17) is 0 Å². The molecular formula is C15H22ClN5O2. The first kappa shape index (κ1) is 18.9. The number of hydrogen-bond donors (Lipinski definition) is 3. The summed E-state index contributed by atoms with van der Waals surface area (Å²) in [5.74, 6) is -0.497. The summed E-state index contributed by atoms with van der Waals surface area (Å²) in [6.07, 6.45) is 0. The maximum Gasteiger partial charge on any atom is 0.273 e. The maximum atomic E-state index is 12.3. The third-order valence-electron chi connectivity index (χ3n) is 3.48. The highest BCUT2D eigenvalue weighted by molar-refractivity contribution is 6.05. The number of likely N-dealkylation sites (N-methyl/N-ethyl adjacent to an activating group) is 2. The lowest BCUT2D eigenvalue weighted by Crippen LogP contribution is -2.47. The van der Waals surface area contributed by atoms with Crippen LogP contribution in [0.15, 0.2) is 24.3 Å². The van der Waals surface area contributed by atoms with Gasteiger partial charge in [-0.25, -0.2) is 0 Å². The first-order chi connectivity index (χ1) is 10.5. The fourth-order valence-corrected chi connectivity index (χ4v) is 2.18. The first-order valence-electron chi connectivity index (χ1n) is 7.18. The maximum absolute atomic E-state index is 12.3. The van der Waals surface area contributed by atoms with E-state index >= 15 is 0 Å². The van der Waals surface area contributed by atoms with Gasteiger partial charge in [-0.1, -0.05) is 18.2 Å². The van der Waals surface area contributed by atoms with Crippen molar-refractivity contribution in [2.24, 2.45) is 0 Å². The van der Waals surface area contributed by atoms with E-state index in [0.717, 1.165) is 10.9 Å². The number of nitrogens with zero attached hydrogens (tertiary/aromatic N) is 2. The lowest BCUT2D eigenvalue weighted by molar-refractivity contribution is -0.131. The number of aromatic nitrogens is 2. The van der Waals surface area contributed by atoms with Gasteiger partial charge in [0.1, 0.15) is 6.04 Å². The average Bonchev–Trinajstić information content (AvgIpc) is 2.95. The normalized spacial score (nSPS) is 11.6. The Kier molecular flexibility index (Phi) is 6.99. The predicted octanol–water partition coefficient (Wildman–Crippen LogP) is 0.781. The molecule has 0 bridgehead atoms. The van der Waals surface area contributed by atoms with Gasteiger partial charge >= 0.3 is 0 Å². The van der Waals surface area contributed by atoms with E-state index in [-0.39, 0.29) is 24.2 Å². The average molecular weight is 340 g/mol. The molecule has 0 saturated heterocycles. The highest BCUT2D eigenvalue weighted by Gasteiger charge is 2.22. The zero-order chi connectivity index (χ0) is 16.1. The number of carbonyl (C=O) groups excluding carboxylic acids is 2. The van der Waals surface area contributed by atoms with Crippen molar-refractivity contribution in [2.75, 3.05) is 27.2 Å². The summed E-state index contributed by atoms with van der Waals surface area (Å²) in [4.78, 5) is 26.1. The van der Waals surface area contributed by atoms with E-state index in [0.29, 0.717) is 18.8 Å². The fraction of sp³-hybridized carbons (Fsp3) is 0.400. The number of amides is 2. The molecular weight excluding hydrogens is 318 g/mol. The molecule has 126 valence electrons. The summed E-state index contributed by atoms with van der Waals surface area (Å²) in [7, 11) is 3.54. The summed E-state index contributed by atoms with van der Waals surface area (Å²) >= 11 is 0. The van der Waals surface area contributed by atoms with Crippen molar-refractivity contribution in [2.45, 2.75) is 13.0 Å². The zero-order valence-corrected chi connectivity index (χ0v) is 14.2. The Balaban J connectivity index is 0.00000264. The quantitative estimate of drug-likeness (QED) is 0.725. The number of fused-ring (bicyclic) bond motifs is 1. The molecule has 0 spiro atoms. The molecule has 8 heteroatoms. The van der Waals surface area contributed by atoms with Crippen molar-refractivity contribution in [3.8, 4) is 0 Å². The van der Waals surface area contributed by atoms with Crippen LogP contribution in [0, 0.1) is 0 Å². The van der Waals surface area contributed by atoms with Gasteiger partial charge in [-0.15, -0.1) is 12.4 Å². The summed E-state index contributed by atoms with van der Waals surface area (Å²) < 4.78 is 0. The van der Waals surface area contributed by atoms with Crippen LogP contribution in [0.4, 0.5) is 0 Å². The Morgan fingerprint density at radius 3 is 2.74 bits per heavy atom.